The van der Waals surface area contributed by atoms with Gasteiger partial charge in [-0.2, -0.15) is 0 Å². The Morgan fingerprint density at radius 3 is 2.47 bits per heavy atom. The molecule has 4 rings (SSSR count). The van der Waals surface area contributed by atoms with Crippen LogP contribution in [0.15, 0.2) is 53.5 Å². The molecule has 2 aliphatic heterocycles. The summed E-state index contributed by atoms with van der Waals surface area (Å²) in [4.78, 5) is 16.7. The zero-order valence-electron chi connectivity index (χ0n) is 16.8. The molecule has 2 aromatic rings. The van der Waals surface area contributed by atoms with Crippen molar-refractivity contribution in [1.82, 2.24) is 5.32 Å². The van der Waals surface area contributed by atoms with Crippen LogP contribution in [-0.2, 0) is 27.5 Å². The molecule has 0 saturated carbocycles. The molecule has 2 N–H and O–H groups in total. The molecule has 2 atom stereocenters. The first-order chi connectivity index (χ1) is 14.4. The largest absolute Gasteiger partial charge is 0.355 e. The first-order valence-corrected chi connectivity index (χ1v) is 12.7. The predicted molar refractivity (Wildman–Crippen MR) is 123 cm³/mol. The van der Waals surface area contributed by atoms with E-state index >= 15 is 0 Å². The van der Waals surface area contributed by atoms with Gasteiger partial charge in [0.05, 0.1) is 24.0 Å². The standard InChI is InChI=1S/C22H25N3O3S2/c1-15-2-4-16(5-3-15)10-11-23-21(26)12-17-6-8-18(9-7-17)24-22-25-19-13-30(27,28)14-20(19)29-22/h2-9,19-20H,10-14H2,1H3,(H,23,26)(H,24,25)/t19-,20-/m1/s1. The maximum absolute atomic E-state index is 12.2. The average molecular weight is 444 g/mol. The maximum atomic E-state index is 12.2. The highest BCUT2D eigenvalue weighted by Crippen LogP contribution is 2.34. The number of hydrogen-bond acceptors (Lipinski definition) is 6. The quantitative estimate of drug-likeness (QED) is 0.717. The Morgan fingerprint density at radius 1 is 1.07 bits per heavy atom. The van der Waals surface area contributed by atoms with E-state index in [1.165, 1.54) is 22.9 Å². The monoisotopic (exact) mass is 443 g/mol. The molecule has 1 fully saturated rings. The van der Waals surface area contributed by atoms with E-state index in [0.29, 0.717) is 13.0 Å². The normalized spacial score (nSPS) is 21.7. The summed E-state index contributed by atoms with van der Waals surface area (Å²) in [6, 6.07) is 15.9. The van der Waals surface area contributed by atoms with Crippen LogP contribution >= 0.6 is 11.8 Å². The van der Waals surface area contributed by atoms with E-state index in [4.69, 9.17) is 0 Å². The van der Waals surface area contributed by atoms with Crippen molar-refractivity contribution in [3.63, 3.8) is 0 Å². The van der Waals surface area contributed by atoms with Crippen LogP contribution in [0.5, 0.6) is 0 Å². The third kappa shape index (κ3) is 5.43. The molecule has 0 radical (unpaired) electrons. The van der Waals surface area contributed by atoms with Crippen molar-refractivity contribution in [2.45, 2.75) is 31.1 Å². The minimum Gasteiger partial charge on any atom is -0.355 e. The molecule has 1 amide bonds. The number of carbonyl (C=O) groups is 1. The Kier molecular flexibility index (Phi) is 6.15. The van der Waals surface area contributed by atoms with Gasteiger partial charge in [-0.15, -0.1) is 0 Å². The van der Waals surface area contributed by atoms with E-state index < -0.39 is 9.84 Å². The molecule has 0 unspecified atom stereocenters. The molecular formula is C22H25N3O3S2. The highest BCUT2D eigenvalue weighted by atomic mass is 32.2. The van der Waals surface area contributed by atoms with Crippen molar-refractivity contribution >= 4 is 38.4 Å². The van der Waals surface area contributed by atoms with Crippen molar-refractivity contribution < 1.29 is 13.2 Å². The summed E-state index contributed by atoms with van der Waals surface area (Å²) in [5, 5.41) is 7.02. The molecule has 2 aromatic carbocycles. The Labute approximate surface area is 181 Å². The third-order valence-corrected chi connectivity index (χ3v) is 8.39. The molecule has 30 heavy (non-hydrogen) atoms. The predicted octanol–water partition coefficient (Wildman–Crippen LogP) is 2.58. The second-order valence-corrected chi connectivity index (χ2v) is 11.2. The SMILES string of the molecule is Cc1ccc(CCNC(=O)Cc2ccc(NC3=N[C@@H]4CS(=O)(=O)C[C@H]4S3)cc2)cc1. The lowest BCUT2D eigenvalue weighted by Gasteiger charge is -2.09. The molecule has 0 aliphatic carbocycles. The summed E-state index contributed by atoms with van der Waals surface area (Å²) < 4.78 is 23.3. The minimum absolute atomic E-state index is 0.00702. The van der Waals surface area contributed by atoms with Crippen LogP contribution < -0.4 is 10.6 Å². The van der Waals surface area contributed by atoms with E-state index in [9.17, 15) is 13.2 Å². The number of anilines is 1. The van der Waals surface area contributed by atoms with Crippen LogP contribution in [0.1, 0.15) is 16.7 Å². The fraction of sp³-hybridized carbons (Fsp3) is 0.364. The molecule has 8 heteroatoms. The fourth-order valence-corrected chi connectivity index (χ4v) is 7.27. The third-order valence-electron chi connectivity index (χ3n) is 5.24. The summed E-state index contributed by atoms with van der Waals surface area (Å²) in [6.07, 6.45) is 1.16. The molecule has 2 heterocycles. The minimum atomic E-state index is -2.94. The second-order valence-electron chi connectivity index (χ2n) is 7.82. The van der Waals surface area contributed by atoms with Gasteiger partial charge >= 0.3 is 0 Å². The van der Waals surface area contributed by atoms with Crippen molar-refractivity contribution in [3.05, 3.63) is 65.2 Å². The van der Waals surface area contributed by atoms with Crippen LogP contribution in [0.25, 0.3) is 0 Å². The Bertz CT molecular complexity index is 1050. The van der Waals surface area contributed by atoms with E-state index in [1.807, 2.05) is 24.3 Å². The van der Waals surface area contributed by atoms with Crippen LogP contribution in [-0.4, -0.2) is 48.8 Å². The number of aryl methyl sites for hydroxylation is 1. The second kappa shape index (κ2) is 8.81. The Hall–Kier alpha value is -2.32. The van der Waals surface area contributed by atoms with E-state index in [1.54, 1.807) is 0 Å². The number of carbonyl (C=O) groups excluding carboxylic acids is 1. The number of sulfone groups is 1. The van der Waals surface area contributed by atoms with E-state index in [2.05, 4.69) is 46.8 Å². The van der Waals surface area contributed by atoms with Crippen LogP contribution in [0, 0.1) is 6.92 Å². The number of fused-ring (bicyclic) bond motifs is 1. The number of rotatable bonds is 6. The number of benzene rings is 2. The average Bonchev–Trinajstić information content (AvgIpc) is 3.17. The van der Waals surface area contributed by atoms with Gasteiger partial charge in [0.2, 0.25) is 5.91 Å². The lowest BCUT2D eigenvalue weighted by atomic mass is 10.1. The topological polar surface area (TPSA) is 87.6 Å². The highest BCUT2D eigenvalue weighted by Gasteiger charge is 2.42. The smallest absolute Gasteiger partial charge is 0.224 e. The summed E-state index contributed by atoms with van der Waals surface area (Å²) in [5.74, 6) is 0.357. The maximum Gasteiger partial charge on any atom is 0.224 e. The molecule has 0 spiro atoms. The Morgan fingerprint density at radius 2 is 1.77 bits per heavy atom. The van der Waals surface area contributed by atoms with E-state index in [-0.39, 0.29) is 28.7 Å². The molecule has 0 aromatic heterocycles. The molecule has 2 aliphatic rings. The first kappa shape index (κ1) is 20.9. The summed E-state index contributed by atoms with van der Waals surface area (Å²) in [5.41, 5.74) is 4.27. The lowest BCUT2D eigenvalue weighted by Crippen LogP contribution is -2.27. The van der Waals surface area contributed by atoms with Gasteiger partial charge in [-0.05, 0) is 36.6 Å². The van der Waals surface area contributed by atoms with Gasteiger partial charge < -0.3 is 10.6 Å². The van der Waals surface area contributed by atoms with Gasteiger partial charge in [-0.25, -0.2) is 8.42 Å². The molecule has 1 saturated heterocycles. The number of hydrogen-bond donors (Lipinski definition) is 2. The van der Waals surface area contributed by atoms with Gasteiger partial charge in [0.1, 0.15) is 0 Å². The van der Waals surface area contributed by atoms with Gasteiger partial charge in [-0.1, -0.05) is 53.7 Å². The number of nitrogens with one attached hydrogen (secondary N) is 2. The molecule has 158 valence electrons. The molecule has 0 bridgehead atoms. The highest BCUT2D eigenvalue weighted by molar-refractivity contribution is 8.15. The lowest BCUT2D eigenvalue weighted by molar-refractivity contribution is -0.120. The van der Waals surface area contributed by atoms with Gasteiger partial charge in [0.15, 0.2) is 15.0 Å². The van der Waals surface area contributed by atoms with Gasteiger partial charge in [0.25, 0.3) is 0 Å². The summed E-state index contributed by atoms with van der Waals surface area (Å²) in [7, 11) is -2.94. The van der Waals surface area contributed by atoms with Gasteiger partial charge in [-0.3, -0.25) is 9.79 Å². The Balaban J connectivity index is 1.23. The molecular weight excluding hydrogens is 418 g/mol. The number of thioether (sulfide) groups is 1. The number of amidine groups is 1. The van der Waals surface area contributed by atoms with E-state index in [0.717, 1.165) is 22.8 Å². The van der Waals surface area contributed by atoms with Gasteiger partial charge in [0, 0.05) is 17.5 Å². The zero-order chi connectivity index (χ0) is 21.1. The van der Waals surface area contributed by atoms with Crippen LogP contribution in [0.4, 0.5) is 5.69 Å². The number of amides is 1. The number of nitrogens with zero attached hydrogens (tertiary/aromatic N) is 1. The van der Waals surface area contributed by atoms with Crippen molar-refractivity contribution in [3.8, 4) is 0 Å². The van der Waals surface area contributed by atoms with Crippen LogP contribution in [0.3, 0.4) is 0 Å². The molecule has 6 nitrogen and oxygen atoms in total. The van der Waals surface area contributed by atoms with Crippen LogP contribution in [0.2, 0.25) is 0 Å². The zero-order valence-corrected chi connectivity index (χ0v) is 18.4. The summed E-state index contributed by atoms with van der Waals surface area (Å²) >= 11 is 1.50. The van der Waals surface area contributed by atoms with Crippen molar-refractivity contribution in [2.24, 2.45) is 4.99 Å². The number of aliphatic imine (C=N–C) groups is 1. The summed E-state index contributed by atoms with van der Waals surface area (Å²) in [6.45, 7) is 2.68. The van der Waals surface area contributed by atoms with Crippen molar-refractivity contribution in [2.75, 3.05) is 23.4 Å². The first-order valence-electron chi connectivity index (χ1n) is 9.99. The fourth-order valence-electron chi connectivity index (χ4n) is 3.59. The van der Waals surface area contributed by atoms with Crippen molar-refractivity contribution in [1.29, 1.82) is 0 Å².